The second-order valence-corrected chi connectivity index (χ2v) is 5.84. The largest absolute Gasteiger partial charge is 0.380 e. The number of anilines is 1. The summed E-state index contributed by atoms with van der Waals surface area (Å²) in [5.41, 5.74) is 0.282. The minimum atomic E-state index is -0.516. The number of para-hydroxylation sites is 1. The van der Waals surface area contributed by atoms with Crippen molar-refractivity contribution in [3.05, 3.63) is 33.9 Å². The second kappa shape index (κ2) is 8.51. The molecule has 7 heteroatoms. The molecule has 1 unspecified atom stereocenters. The van der Waals surface area contributed by atoms with Crippen LogP contribution in [0.15, 0.2) is 18.2 Å². The van der Waals surface area contributed by atoms with Crippen LogP contribution < -0.4 is 10.6 Å². The van der Waals surface area contributed by atoms with Gasteiger partial charge in [-0.05, 0) is 31.7 Å². The van der Waals surface area contributed by atoms with Gasteiger partial charge in [0.1, 0.15) is 11.3 Å². The van der Waals surface area contributed by atoms with Crippen molar-refractivity contribution in [2.45, 2.75) is 26.8 Å². The fraction of sp³-hybridized carbons (Fsp3) is 0.500. The van der Waals surface area contributed by atoms with Crippen LogP contribution in [0.5, 0.6) is 0 Å². The molecule has 0 spiro atoms. The minimum absolute atomic E-state index is 0.0372. The van der Waals surface area contributed by atoms with E-state index in [9.17, 15) is 14.9 Å². The van der Waals surface area contributed by atoms with Crippen LogP contribution in [0, 0.1) is 10.1 Å². The van der Waals surface area contributed by atoms with Gasteiger partial charge in [-0.1, -0.05) is 13.0 Å². The van der Waals surface area contributed by atoms with Gasteiger partial charge in [-0.25, -0.2) is 0 Å². The number of hydrogen-bond donors (Lipinski definition) is 2. The average molecular weight is 311 g/mol. The molecule has 2 N–H and O–H groups in total. The Bertz CT molecular complexity index is 508. The Morgan fingerprint density at radius 3 is 2.71 bits per heavy atom. The molecule has 0 saturated heterocycles. The van der Waals surface area contributed by atoms with Crippen LogP contribution in [-0.4, -0.2) is 34.9 Å². The minimum Gasteiger partial charge on any atom is -0.380 e. The SMILES string of the molecule is CCNc1cccc(C(=O)NC(C)CSCC)c1[N+](=O)[O-]. The smallest absolute Gasteiger partial charge is 0.305 e. The first-order valence-electron chi connectivity index (χ1n) is 6.91. The zero-order valence-corrected chi connectivity index (χ0v) is 13.3. The van der Waals surface area contributed by atoms with Crippen LogP contribution in [0.2, 0.25) is 0 Å². The molecule has 0 bridgehead atoms. The van der Waals surface area contributed by atoms with Crippen LogP contribution in [-0.2, 0) is 0 Å². The van der Waals surface area contributed by atoms with E-state index in [-0.39, 0.29) is 17.3 Å². The highest BCUT2D eigenvalue weighted by molar-refractivity contribution is 7.99. The van der Waals surface area contributed by atoms with Crippen molar-refractivity contribution in [1.82, 2.24) is 5.32 Å². The predicted molar refractivity (Wildman–Crippen MR) is 87.2 cm³/mol. The molecule has 0 fully saturated rings. The van der Waals surface area contributed by atoms with Crippen molar-refractivity contribution in [2.75, 3.05) is 23.4 Å². The number of thioether (sulfide) groups is 1. The van der Waals surface area contributed by atoms with Crippen molar-refractivity contribution >= 4 is 29.0 Å². The van der Waals surface area contributed by atoms with Crippen molar-refractivity contribution in [3.8, 4) is 0 Å². The maximum atomic E-state index is 12.2. The molecule has 0 saturated carbocycles. The molecule has 1 atom stereocenters. The Morgan fingerprint density at radius 2 is 2.14 bits per heavy atom. The van der Waals surface area contributed by atoms with Gasteiger partial charge in [0.05, 0.1) is 4.92 Å². The van der Waals surface area contributed by atoms with E-state index in [1.165, 1.54) is 6.07 Å². The normalized spacial score (nSPS) is 11.8. The molecule has 116 valence electrons. The first-order chi connectivity index (χ1) is 10.0. The highest BCUT2D eigenvalue weighted by atomic mass is 32.2. The molecule has 0 aliphatic rings. The monoisotopic (exact) mass is 311 g/mol. The summed E-state index contributed by atoms with van der Waals surface area (Å²) in [5, 5.41) is 17.0. The van der Waals surface area contributed by atoms with Gasteiger partial charge in [0.2, 0.25) is 0 Å². The Labute approximate surface area is 128 Å². The summed E-state index contributed by atoms with van der Waals surface area (Å²) in [7, 11) is 0. The zero-order chi connectivity index (χ0) is 15.8. The number of nitrogens with zero attached hydrogens (tertiary/aromatic N) is 1. The predicted octanol–water partition coefficient (Wildman–Crippen LogP) is 2.90. The third-order valence-electron chi connectivity index (χ3n) is 2.78. The van der Waals surface area contributed by atoms with Crippen LogP contribution in [0.25, 0.3) is 0 Å². The standard InChI is InChI=1S/C14H21N3O3S/c1-4-15-12-8-6-7-11(13(12)17(19)20)14(18)16-10(3)9-21-5-2/h6-8,10,15H,4-5,9H2,1-3H3,(H,16,18). The van der Waals surface area contributed by atoms with Gasteiger partial charge in [0.25, 0.3) is 5.91 Å². The molecular formula is C14H21N3O3S. The lowest BCUT2D eigenvalue weighted by Crippen LogP contribution is -2.34. The molecule has 1 aromatic carbocycles. The van der Waals surface area contributed by atoms with Gasteiger partial charge in [0.15, 0.2) is 0 Å². The number of nitrogens with one attached hydrogen (secondary N) is 2. The number of carbonyl (C=O) groups excluding carboxylic acids is 1. The number of rotatable bonds is 8. The van der Waals surface area contributed by atoms with Gasteiger partial charge >= 0.3 is 5.69 Å². The first kappa shape index (κ1) is 17.3. The quantitative estimate of drug-likeness (QED) is 0.569. The van der Waals surface area contributed by atoms with E-state index in [1.54, 1.807) is 23.9 Å². The summed E-state index contributed by atoms with van der Waals surface area (Å²) >= 11 is 1.71. The molecule has 0 radical (unpaired) electrons. The van der Waals surface area contributed by atoms with E-state index in [0.29, 0.717) is 12.2 Å². The third-order valence-corrected chi connectivity index (χ3v) is 3.92. The molecular weight excluding hydrogens is 290 g/mol. The maximum absolute atomic E-state index is 12.2. The fourth-order valence-corrected chi connectivity index (χ4v) is 2.57. The maximum Gasteiger partial charge on any atom is 0.305 e. The Morgan fingerprint density at radius 1 is 1.43 bits per heavy atom. The highest BCUT2D eigenvalue weighted by Crippen LogP contribution is 2.28. The van der Waals surface area contributed by atoms with Crippen LogP contribution in [0.1, 0.15) is 31.1 Å². The molecule has 1 amide bonds. The summed E-state index contributed by atoms with van der Waals surface area (Å²) in [4.78, 5) is 23.0. The molecule has 1 rings (SSSR count). The van der Waals surface area contributed by atoms with E-state index in [2.05, 4.69) is 10.6 Å². The lowest BCUT2D eigenvalue weighted by atomic mass is 10.1. The summed E-state index contributed by atoms with van der Waals surface area (Å²) in [6, 6.07) is 4.69. The van der Waals surface area contributed by atoms with Crippen LogP contribution >= 0.6 is 11.8 Å². The molecule has 6 nitrogen and oxygen atoms in total. The number of benzene rings is 1. The lowest BCUT2D eigenvalue weighted by molar-refractivity contribution is -0.384. The molecule has 1 aromatic rings. The van der Waals surface area contributed by atoms with Gasteiger partial charge < -0.3 is 10.6 Å². The molecule has 0 aromatic heterocycles. The molecule has 21 heavy (non-hydrogen) atoms. The fourth-order valence-electron chi connectivity index (χ4n) is 1.89. The zero-order valence-electron chi connectivity index (χ0n) is 12.5. The molecule has 0 aliphatic carbocycles. The number of nitro benzene ring substituents is 1. The van der Waals surface area contributed by atoms with Crippen molar-refractivity contribution < 1.29 is 9.72 Å². The second-order valence-electron chi connectivity index (χ2n) is 4.52. The summed E-state index contributed by atoms with van der Waals surface area (Å²) in [6.45, 7) is 6.33. The first-order valence-corrected chi connectivity index (χ1v) is 8.06. The highest BCUT2D eigenvalue weighted by Gasteiger charge is 2.24. The number of nitro groups is 1. The number of amides is 1. The Hall–Kier alpha value is -1.76. The third kappa shape index (κ3) is 4.93. The van der Waals surface area contributed by atoms with Crippen molar-refractivity contribution in [1.29, 1.82) is 0 Å². The van der Waals surface area contributed by atoms with E-state index in [0.717, 1.165) is 11.5 Å². The van der Waals surface area contributed by atoms with Gasteiger partial charge in [-0.3, -0.25) is 14.9 Å². The van der Waals surface area contributed by atoms with Gasteiger partial charge in [0, 0.05) is 18.3 Å². The number of carbonyl (C=O) groups is 1. The van der Waals surface area contributed by atoms with Crippen molar-refractivity contribution in [3.63, 3.8) is 0 Å². The summed E-state index contributed by atoms with van der Waals surface area (Å²) in [6.07, 6.45) is 0. The van der Waals surface area contributed by atoms with E-state index in [1.807, 2.05) is 20.8 Å². The Balaban J connectivity index is 2.98. The van der Waals surface area contributed by atoms with E-state index in [4.69, 9.17) is 0 Å². The average Bonchev–Trinajstić information content (AvgIpc) is 2.44. The molecule has 0 aliphatic heterocycles. The van der Waals surface area contributed by atoms with Gasteiger partial charge in [-0.15, -0.1) is 0 Å². The van der Waals surface area contributed by atoms with Crippen molar-refractivity contribution in [2.24, 2.45) is 0 Å². The van der Waals surface area contributed by atoms with E-state index >= 15 is 0 Å². The van der Waals surface area contributed by atoms with Crippen LogP contribution in [0.4, 0.5) is 11.4 Å². The molecule has 0 heterocycles. The Kier molecular flexibility index (Phi) is 7.01. The van der Waals surface area contributed by atoms with Crippen LogP contribution in [0.3, 0.4) is 0 Å². The number of hydrogen-bond acceptors (Lipinski definition) is 5. The topological polar surface area (TPSA) is 84.3 Å². The van der Waals surface area contributed by atoms with Gasteiger partial charge in [-0.2, -0.15) is 11.8 Å². The summed E-state index contributed by atoms with van der Waals surface area (Å²) in [5.74, 6) is 1.34. The lowest BCUT2D eigenvalue weighted by Gasteiger charge is -2.14. The summed E-state index contributed by atoms with van der Waals surface area (Å²) < 4.78 is 0. The van der Waals surface area contributed by atoms with E-state index < -0.39 is 10.8 Å².